The third-order valence-electron chi connectivity index (χ3n) is 8.32. The van der Waals surface area contributed by atoms with Gasteiger partial charge >= 0.3 is 0 Å². The predicted octanol–water partition coefficient (Wildman–Crippen LogP) is 6.80. The van der Waals surface area contributed by atoms with Crippen LogP contribution >= 0.6 is 11.6 Å². The Balaban J connectivity index is 1.55. The SMILES string of the molecule is O=C(c1ccc(F)cc1)[C@H]1[C@H](c2cccc(Cl)c2)C2(C(=O)c3ccccc3C2=O)C2C=Cc3ccccc3N21. The maximum Gasteiger partial charge on any atom is 0.185 e. The number of hydrogen-bond donors (Lipinski definition) is 0. The average molecular weight is 534 g/mol. The lowest BCUT2D eigenvalue weighted by Gasteiger charge is -2.37. The van der Waals surface area contributed by atoms with Crippen LogP contribution in [0.25, 0.3) is 6.08 Å². The van der Waals surface area contributed by atoms with Crippen molar-refractivity contribution in [2.24, 2.45) is 5.41 Å². The summed E-state index contributed by atoms with van der Waals surface area (Å²) in [6.45, 7) is 0. The zero-order valence-electron chi connectivity index (χ0n) is 20.6. The monoisotopic (exact) mass is 533 g/mol. The predicted molar refractivity (Wildman–Crippen MR) is 148 cm³/mol. The summed E-state index contributed by atoms with van der Waals surface area (Å²) in [4.78, 5) is 45.5. The molecule has 6 heteroatoms. The van der Waals surface area contributed by atoms with Crippen LogP contribution < -0.4 is 4.90 Å². The van der Waals surface area contributed by atoms with Gasteiger partial charge in [0, 0.05) is 33.3 Å². The van der Waals surface area contributed by atoms with Gasteiger partial charge < -0.3 is 4.90 Å². The maximum absolute atomic E-state index is 14.5. The molecular weight excluding hydrogens is 513 g/mol. The van der Waals surface area contributed by atoms with Crippen molar-refractivity contribution in [3.63, 3.8) is 0 Å². The minimum absolute atomic E-state index is 0.298. The molecule has 1 fully saturated rings. The maximum atomic E-state index is 14.5. The van der Waals surface area contributed by atoms with E-state index >= 15 is 0 Å². The van der Waals surface area contributed by atoms with Gasteiger partial charge in [0.1, 0.15) is 17.3 Å². The minimum atomic E-state index is -1.60. The lowest BCUT2D eigenvalue weighted by molar-refractivity contribution is 0.0666. The smallest absolute Gasteiger partial charge is 0.185 e. The molecule has 2 heterocycles. The fraction of sp³-hybridized carbons (Fsp3) is 0.121. The number of para-hydroxylation sites is 1. The lowest BCUT2D eigenvalue weighted by Crippen LogP contribution is -2.48. The number of nitrogens with zero attached hydrogens (tertiary/aromatic N) is 1. The van der Waals surface area contributed by atoms with Crippen molar-refractivity contribution in [3.8, 4) is 0 Å². The third-order valence-corrected chi connectivity index (χ3v) is 8.55. The molecule has 1 saturated heterocycles. The minimum Gasteiger partial charge on any atom is -0.352 e. The number of Topliss-reactive ketones (excluding diaryl/α,β-unsaturated/α-hetero) is 3. The Morgan fingerprint density at radius 2 is 1.49 bits per heavy atom. The number of halogens is 2. The Labute approximate surface area is 229 Å². The van der Waals surface area contributed by atoms with E-state index in [2.05, 4.69) is 0 Å². The standard InChI is InChI=1S/C33H21ClFNO3/c34-22-8-5-7-21(18-22)28-29(30(37)20-12-15-23(35)16-13-20)36-26-11-4-1-6-19(26)14-17-27(36)33(28)31(38)24-9-2-3-10-25(24)32(33)39/h1-18,27-29H/t27?,28-,29+/m0/s1. The van der Waals surface area contributed by atoms with Crippen molar-refractivity contribution in [2.45, 2.75) is 18.0 Å². The number of benzene rings is 4. The summed E-state index contributed by atoms with van der Waals surface area (Å²) in [5.41, 5.74) is 1.67. The van der Waals surface area contributed by atoms with Gasteiger partial charge in [-0.15, -0.1) is 0 Å². The zero-order chi connectivity index (χ0) is 26.9. The van der Waals surface area contributed by atoms with Gasteiger partial charge in [0.2, 0.25) is 0 Å². The number of carbonyl (C=O) groups is 3. The second-order valence-corrected chi connectivity index (χ2v) is 10.6. The second kappa shape index (κ2) is 8.58. The summed E-state index contributed by atoms with van der Waals surface area (Å²) >= 11 is 6.45. The summed E-state index contributed by atoms with van der Waals surface area (Å²) < 4.78 is 13.8. The van der Waals surface area contributed by atoms with Crippen LogP contribution in [0.3, 0.4) is 0 Å². The Morgan fingerprint density at radius 3 is 2.18 bits per heavy atom. The van der Waals surface area contributed by atoms with Gasteiger partial charge in [-0.25, -0.2) is 4.39 Å². The Morgan fingerprint density at radius 1 is 0.821 bits per heavy atom. The number of carbonyl (C=O) groups excluding carboxylic acids is 3. The number of fused-ring (bicyclic) bond motifs is 5. The molecule has 0 radical (unpaired) electrons. The molecule has 4 aromatic carbocycles. The van der Waals surface area contributed by atoms with Crippen molar-refractivity contribution in [1.82, 2.24) is 0 Å². The van der Waals surface area contributed by atoms with Crippen LogP contribution in [0.4, 0.5) is 10.1 Å². The molecule has 7 rings (SSSR count). The first-order chi connectivity index (χ1) is 18.9. The normalized spacial score (nSPS) is 22.1. The summed E-state index contributed by atoms with van der Waals surface area (Å²) in [6, 6.07) is 25.2. The lowest BCUT2D eigenvalue weighted by atomic mass is 9.64. The van der Waals surface area contributed by atoms with Crippen LogP contribution in [0.1, 0.15) is 48.1 Å². The molecule has 39 heavy (non-hydrogen) atoms. The first-order valence-corrected chi connectivity index (χ1v) is 13.1. The van der Waals surface area contributed by atoms with E-state index in [9.17, 15) is 18.8 Å². The zero-order valence-corrected chi connectivity index (χ0v) is 21.3. The van der Waals surface area contributed by atoms with Crippen molar-refractivity contribution < 1.29 is 18.8 Å². The van der Waals surface area contributed by atoms with Gasteiger partial charge in [0.15, 0.2) is 17.3 Å². The largest absolute Gasteiger partial charge is 0.352 e. The van der Waals surface area contributed by atoms with Crippen LogP contribution in [0.5, 0.6) is 0 Å². The summed E-state index contributed by atoms with van der Waals surface area (Å²) in [7, 11) is 0. The summed E-state index contributed by atoms with van der Waals surface area (Å²) in [5, 5.41) is 0.437. The highest BCUT2D eigenvalue weighted by Gasteiger charge is 2.71. The number of ketones is 3. The summed E-state index contributed by atoms with van der Waals surface area (Å²) in [6.07, 6.45) is 3.79. The van der Waals surface area contributed by atoms with Gasteiger partial charge in [-0.2, -0.15) is 0 Å². The molecule has 2 aliphatic heterocycles. The molecule has 4 nitrogen and oxygen atoms in total. The van der Waals surface area contributed by atoms with Crippen molar-refractivity contribution in [3.05, 3.63) is 142 Å². The van der Waals surface area contributed by atoms with Gasteiger partial charge in [-0.1, -0.05) is 78.4 Å². The van der Waals surface area contributed by atoms with Crippen LogP contribution in [0.15, 0.2) is 103 Å². The van der Waals surface area contributed by atoms with Crippen LogP contribution in [0.2, 0.25) is 5.02 Å². The summed E-state index contributed by atoms with van der Waals surface area (Å²) in [5.74, 6) is -2.23. The fourth-order valence-corrected chi connectivity index (χ4v) is 6.97. The number of hydrogen-bond acceptors (Lipinski definition) is 4. The number of rotatable bonds is 3. The highest BCUT2D eigenvalue weighted by molar-refractivity contribution is 6.32. The van der Waals surface area contributed by atoms with Crippen molar-refractivity contribution in [2.75, 3.05) is 4.90 Å². The molecule has 1 spiro atoms. The fourth-order valence-electron chi connectivity index (χ4n) is 6.78. The molecule has 3 aliphatic rings. The molecule has 0 amide bonds. The van der Waals surface area contributed by atoms with E-state index in [4.69, 9.17) is 11.6 Å². The Hall–Kier alpha value is -4.35. The van der Waals surface area contributed by atoms with Crippen LogP contribution in [-0.4, -0.2) is 29.4 Å². The third kappa shape index (κ3) is 3.20. The molecule has 0 saturated carbocycles. The van der Waals surface area contributed by atoms with Gasteiger partial charge in [-0.3, -0.25) is 14.4 Å². The highest BCUT2D eigenvalue weighted by atomic mass is 35.5. The second-order valence-electron chi connectivity index (χ2n) is 10.2. The first kappa shape index (κ1) is 23.7. The van der Waals surface area contributed by atoms with Gasteiger partial charge in [-0.05, 0) is 53.6 Å². The highest BCUT2D eigenvalue weighted by Crippen LogP contribution is 2.61. The van der Waals surface area contributed by atoms with E-state index in [1.165, 1.54) is 24.3 Å². The quantitative estimate of drug-likeness (QED) is 0.215. The van der Waals surface area contributed by atoms with E-state index in [0.717, 1.165) is 11.3 Å². The van der Waals surface area contributed by atoms with E-state index < -0.39 is 29.2 Å². The van der Waals surface area contributed by atoms with Crippen LogP contribution in [0, 0.1) is 11.2 Å². The molecule has 4 aromatic rings. The molecule has 0 aromatic heterocycles. The Bertz CT molecular complexity index is 1690. The van der Waals surface area contributed by atoms with Gasteiger partial charge in [0.05, 0.1) is 6.04 Å². The van der Waals surface area contributed by atoms with Crippen LogP contribution in [-0.2, 0) is 0 Å². The molecule has 1 unspecified atom stereocenters. The van der Waals surface area contributed by atoms with E-state index in [-0.39, 0.29) is 17.3 Å². The van der Waals surface area contributed by atoms with Gasteiger partial charge in [0.25, 0.3) is 0 Å². The van der Waals surface area contributed by atoms with E-state index in [1.54, 1.807) is 42.5 Å². The molecular formula is C33H21ClFNO3. The van der Waals surface area contributed by atoms with E-state index in [1.807, 2.05) is 47.4 Å². The Kier molecular flexibility index (Phi) is 5.23. The average Bonchev–Trinajstić information content (AvgIpc) is 3.39. The molecule has 1 aliphatic carbocycles. The molecule has 3 atom stereocenters. The molecule has 190 valence electrons. The molecule has 0 N–H and O–H groups in total. The molecule has 0 bridgehead atoms. The number of anilines is 1. The topological polar surface area (TPSA) is 54.5 Å². The van der Waals surface area contributed by atoms with Crippen molar-refractivity contribution in [1.29, 1.82) is 0 Å². The van der Waals surface area contributed by atoms with E-state index in [0.29, 0.717) is 27.3 Å². The van der Waals surface area contributed by atoms with Crippen molar-refractivity contribution >= 4 is 40.7 Å². The first-order valence-electron chi connectivity index (χ1n) is 12.7.